The lowest BCUT2D eigenvalue weighted by molar-refractivity contribution is 0.444. The molecule has 0 amide bonds. The lowest BCUT2D eigenvalue weighted by atomic mass is 9.33. The smallest absolute Gasteiger partial charge is 0.252 e. The Morgan fingerprint density at radius 3 is 1.02 bits per heavy atom. The van der Waals surface area contributed by atoms with E-state index < -0.39 is 220 Å². The Bertz CT molecular complexity index is 5130. The van der Waals surface area contributed by atoms with Crippen molar-refractivity contribution >= 4 is 57.2 Å². The normalized spacial score (nSPS) is 18.4. The Labute approximate surface area is 529 Å². The molecule has 0 aromatic heterocycles. The summed E-state index contributed by atoms with van der Waals surface area (Å²) in [4.78, 5) is 3.13. The zero-order valence-corrected chi connectivity index (χ0v) is 46.8. The van der Waals surface area contributed by atoms with E-state index in [0.717, 1.165) is 17.5 Å². The van der Waals surface area contributed by atoms with Crippen LogP contribution in [0, 0.1) is 0 Å². The molecule has 11 aromatic carbocycles. The van der Waals surface area contributed by atoms with E-state index in [1.165, 1.54) is 0 Å². The number of hydrogen-bond acceptors (Lipinski definition) is 2. The first-order valence-electron chi connectivity index (χ1n) is 41.1. The fourth-order valence-corrected chi connectivity index (χ4v) is 12.3. The summed E-state index contributed by atoms with van der Waals surface area (Å²) in [5.74, 6) is -0.373. The SMILES string of the molecule is [2H]c1c([2H])c([2H])c(-c2c([2H])c([2H])c([2H])c(-c3c([2H])c([2H])c([2H])c([2H])c3[2H])c2N2c3ccc(-c4ccc(C(C)(C)C)cc4)cc3B3c4cc(-c5ccc(C(C)(C)C)cc5)ccc4N(c4c(-c5c([2H])c([2H])c([2H])c([2H])c5[2H])c([2H])c([2H])c([2H])c4-c4c([2H])c([2H])c([2H])c([2H])c4[2H])c4cc(C5CCCCC5)cc2c43)c([2H])c1[2H]. The van der Waals surface area contributed by atoms with Crippen molar-refractivity contribution in [3.63, 3.8) is 0 Å². The number of benzene rings is 11. The zero-order chi connectivity index (χ0) is 79.0. The molecule has 11 aromatic rings. The summed E-state index contributed by atoms with van der Waals surface area (Å²) in [5.41, 5.74) is 0.355. The average Bonchev–Trinajstić information content (AvgIpc) is 0.679. The van der Waals surface area contributed by atoms with E-state index in [0.29, 0.717) is 64.4 Å². The van der Waals surface area contributed by atoms with Gasteiger partial charge >= 0.3 is 0 Å². The van der Waals surface area contributed by atoms with Gasteiger partial charge in [-0.25, -0.2) is 0 Å². The van der Waals surface area contributed by atoms with Gasteiger partial charge in [0.05, 0.1) is 47.0 Å². The number of hydrogen-bond donors (Lipinski definition) is 0. The highest BCUT2D eigenvalue weighted by Crippen LogP contribution is 2.54. The summed E-state index contributed by atoms with van der Waals surface area (Å²) in [6.07, 6.45) is 3.35. The molecule has 83 heavy (non-hydrogen) atoms. The van der Waals surface area contributed by atoms with E-state index in [1.807, 2.05) is 84.9 Å². The van der Waals surface area contributed by atoms with Crippen LogP contribution in [0.4, 0.5) is 34.1 Å². The maximum absolute atomic E-state index is 10.3. The van der Waals surface area contributed by atoms with Crippen molar-refractivity contribution in [3.8, 4) is 66.8 Å². The quantitative estimate of drug-likeness (QED) is 0.133. The van der Waals surface area contributed by atoms with Crippen molar-refractivity contribution in [3.05, 3.63) is 271 Å². The molecule has 0 spiro atoms. The molecule has 3 heteroatoms. The lowest BCUT2D eigenvalue weighted by Crippen LogP contribution is -2.61. The summed E-state index contributed by atoms with van der Waals surface area (Å²) < 4.78 is 248. The fraction of sp³-hybridized carbons (Fsp3) is 0.175. The molecule has 3 aliphatic rings. The van der Waals surface area contributed by atoms with Crippen LogP contribution in [0.15, 0.2) is 254 Å². The average molecular weight is 1100 g/mol. The molecule has 1 aliphatic carbocycles. The van der Waals surface area contributed by atoms with Gasteiger partial charge in [0, 0.05) is 45.0 Å². The molecule has 404 valence electrons. The van der Waals surface area contributed by atoms with Gasteiger partial charge in [0.15, 0.2) is 0 Å². The summed E-state index contributed by atoms with van der Waals surface area (Å²) in [6, 6.07) is 8.01. The predicted molar refractivity (Wildman–Crippen MR) is 356 cm³/mol. The van der Waals surface area contributed by atoms with Gasteiger partial charge < -0.3 is 9.80 Å². The largest absolute Gasteiger partial charge is 0.310 e. The molecule has 1 fully saturated rings. The Morgan fingerprint density at radius 1 is 0.349 bits per heavy atom. The number of rotatable bonds is 9. The minimum Gasteiger partial charge on any atom is -0.310 e. The Kier molecular flexibility index (Phi) is 7.88. The third-order valence-electron chi connectivity index (χ3n) is 16.5. The van der Waals surface area contributed by atoms with Crippen LogP contribution in [0.1, 0.15) is 132 Å². The van der Waals surface area contributed by atoms with Crippen LogP contribution in [-0.4, -0.2) is 6.71 Å². The van der Waals surface area contributed by atoms with Crippen LogP contribution in [-0.2, 0) is 10.8 Å². The van der Waals surface area contributed by atoms with Crippen LogP contribution in [0.2, 0.25) is 0 Å². The highest BCUT2D eigenvalue weighted by atomic mass is 15.2. The fourth-order valence-electron chi connectivity index (χ4n) is 12.3. The minimum absolute atomic E-state index is 0.107. The van der Waals surface area contributed by atoms with Crippen molar-refractivity contribution in [1.29, 1.82) is 0 Å². The number of fused-ring (bicyclic) bond motifs is 4. The van der Waals surface area contributed by atoms with E-state index in [9.17, 15) is 30.2 Å². The second-order valence-electron chi connectivity index (χ2n) is 23.6. The molecule has 0 radical (unpaired) electrons. The van der Waals surface area contributed by atoms with Gasteiger partial charge in [0.2, 0.25) is 0 Å². The van der Waals surface area contributed by atoms with Crippen molar-refractivity contribution in [2.45, 2.75) is 90.4 Å². The Balaban J connectivity index is 1.28. The first kappa shape index (κ1) is 30.9. The maximum atomic E-state index is 10.3. The molecule has 1 saturated carbocycles. The third kappa shape index (κ3) is 9.51. The Hall–Kier alpha value is -8.92. The zero-order valence-electron chi connectivity index (χ0n) is 72.8. The standard InChI is InChI=1S/C80H71BN2/c1-79(2,3)64-44-38-55(39-45-64)61-42-48-72-70(50-61)81-71-51-62(56-40-46-65(47-41-56)80(4,5)6)43-49-73(71)83(78-68(59-30-18-10-19-31-59)36-23-37-69(78)60-32-20-11-21-33-60)75-53-63(54-24-12-7-13-25-54)52-74(76(75)81)82(72)77-66(57-26-14-8-15-27-57)34-22-35-67(77)58-28-16-9-17-29-58/h8-11,14-23,26-54H,7,12-13,24-25H2,1-6H3/i8D,9D,10D,11D,14D,15D,16D,17D,18D,19D,20D,21D,22D,23D,26D,27D,28D,29D,30D,31D,32D,33D,34D,35D,36D,37D. The first-order chi connectivity index (χ1) is 51.2. The van der Waals surface area contributed by atoms with E-state index >= 15 is 0 Å². The topological polar surface area (TPSA) is 6.48 Å². The van der Waals surface area contributed by atoms with Crippen LogP contribution >= 0.6 is 0 Å². The number of anilines is 6. The molecular weight excluding hydrogens is 1000 g/mol. The van der Waals surface area contributed by atoms with E-state index in [-0.39, 0.29) is 45.0 Å². The van der Waals surface area contributed by atoms with Gasteiger partial charge in [0.1, 0.15) is 0 Å². The van der Waals surface area contributed by atoms with Crippen molar-refractivity contribution in [1.82, 2.24) is 0 Å². The van der Waals surface area contributed by atoms with Gasteiger partial charge in [-0.15, -0.1) is 0 Å². The van der Waals surface area contributed by atoms with Gasteiger partial charge in [-0.05, 0) is 131 Å². The molecule has 14 rings (SSSR count). The lowest BCUT2D eigenvalue weighted by Gasteiger charge is -2.46. The summed E-state index contributed by atoms with van der Waals surface area (Å²) in [6.45, 7) is 11.4. The Morgan fingerprint density at radius 2 is 0.687 bits per heavy atom. The van der Waals surface area contributed by atoms with Crippen LogP contribution in [0.3, 0.4) is 0 Å². The summed E-state index contributed by atoms with van der Waals surface area (Å²) >= 11 is 0. The molecule has 0 unspecified atom stereocenters. The second-order valence-corrected chi connectivity index (χ2v) is 23.6. The monoisotopic (exact) mass is 1100 g/mol. The highest BCUT2D eigenvalue weighted by molar-refractivity contribution is 7.00. The number of nitrogens with zero attached hydrogens (tertiary/aromatic N) is 2. The minimum atomic E-state index is -1.10. The van der Waals surface area contributed by atoms with Crippen LogP contribution in [0.5, 0.6) is 0 Å². The molecule has 0 saturated heterocycles. The van der Waals surface area contributed by atoms with Crippen molar-refractivity contribution in [2.75, 3.05) is 9.80 Å². The highest BCUT2D eigenvalue weighted by Gasteiger charge is 2.46. The molecule has 0 N–H and O–H groups in total. The van der Waals surface area contributed by atoms with E-state index in [1.54, 1.807) is 21.9 Å². The molecule has 0 atom stereocenters. The van der Waals surface area contributed by atoms with Crippen molar-refractivity contribution in [2.24, 2.45) is 0 Å². The second kappa shape index (κ2) is 21.1. The van der Waals surface area contributed by atoms with Gasteiger partial charge in [-0.1, -0.05) is 291 Å². The van der Waals surface area contributed by atoms with Crippen molar-refractivity contribution < 1.29 is 35.6 Å². The molecule has 2 heterocycles. The van der Waals surface area contributed by atoms with Gasteiger partial charge in [-0.2, -0.15) is 0 Å². The summed E-state index contributed by atoms with van der Waals surface area (Å²) in [5, 5.41) is 0. The molecule has 2 nitrogen and oxygen atoms in total. The molecular formula is C80H71BN2. The predicted octanol–water partition coefficient (Wildman–Crippen LogP) is 20.4. The van der Waals surface area contributed by atoms with Crippen LogP contribution in [0.25, 0.3) is 66.8 Å². The van der Waals surface area contributed by atoms with Crippen LogP contribution < -0.4 is 26.2 Å². The maximum Gasteiger partial charge on any atom is 0.252 e. The first-order valence-corrected chi connectivity index (χ1v) is 28.1. The number of para-hydroxylation sites is 2. The molecule has 2 aliphatic heterocycles. The van der Waals surface area contributed by atoms with Gasteiger partial charge in [0.25, 0.3) is 6.71 Å². The van der Waals surface area contributed by atoms with E-state index in [4.69, 9.17) is 5.48 Å². The third-order valence-corrected chi connectivity index (χ3v) is 16.5. The van der Waals surface area contributed by atoms with E-state index in [2.05, 4.69) is 41.5 Å². The van der Waals surface area contributed by atoms with Gasteiger partial charge in [-0.3, -0.25) is 0 Å². The molecule has 0 bridgehead atoms. The summed E-state index contributed by atoms with van der Waals surface area (Å²) in [7, 11) is 0.